The molecule has 5 rings (SSSR count). The number of rotatable bonds is 1. The maximum Gasteiger partial charge on any atom is 0.160 e. The fourth-order valence-electron chi connectivity index (χ4n) is 4.06. The van der Waals surface area contributed by atoms with Gasteiger partial charge in [-0.05, 0) is 66.1 Å². The first-order chi connectivity index (χ1) is 12.3. The van der Waals surface area contributed by atoms with E-state index in [1.807, 2.05) is 33.8 Å². The van der Waals surface area contributed by atoms with Gasteiger partial charge in [-0.15, -0.1) is 0 Å². The fourth-order valence-corrected chi connectivity index (χ4v) is 4.06. The van der Waals surface area contributed by atoms with Crippen molar-refractivity contribution in [3.05, 3.63) is 60.2 Å². The van der Waals surface area contributed by atoms with Crippen LogP contribution in [0.4, 0.5) is 0 Å². The summed E-state index contributed by atoms with van der Waals surface area (Å²) < 4.78 is 0. The second-order valence-corrected chi connectivity index (χ2v) is 8.32. The Hall–Kier alpha value is -2.65. The van der Waals surface area contributed by atoms with Gasteiger partial charge in [-0.1, -0.05) is 53.7 Å². The van der Waals surface area contributed by atoms with Gasteiger partial charge in [-0.25, -0.2) is 0 Å². The van der Waals surface area contributed by atoms with E-state index in [9.17, 15) is 5.21 Å². The van der Waals surface area contributed by atoms with E-state index in [1.165, 1.54) is 26.9 Å². The monoisotopic (exact) mass is 341 g/mol. The molecule has 0 saturated carbocycles. The van der Waals surface area contributed by atoms with Crippen LogP contribution in [-0.2, 0) is 5.21 Å². The molecule has 0 aliphatic carbocycles. The van der Waals surface area contributed by atoms with Crippen molar-refractivity contribution in [1.82, 2.24) is 5.06 Å². The summed E-state index contributed by atoms with van der Waals surface area (Å²) in [6, 6.07) is 19.1. The summed E-state index contributed by atoms with van der Waals surface area (Å²) in [5, 5.41) is 21.4. The van der Waals surface area contributed by atoms with Gasteiger partial charge in [0.25, 0.3) is 0 Å². The molecule has 0 saturated heterocycles. The molecule has 129 valence electrons. The summed E-state index contributed by atoms with van der Waals surface area (Å²) in [4.78, 5) is 4.84. The van der Waals surface area contributed by atoms with Crippen LogP contribution in [-0.4, -0.2) is 22.0 Å². The summed E-state index contributed by atoms with van der Waals surface area (Å²) >= 11 is 0. The van der Waals surface area contributed by atoms with Crippen molar-refractivity contribution in [3.8, 4) is 0 Å². The maximum atomic E-state index is 13.1. The van der Waals surface area contributed by atoms with Gasteiger partial charge in [-0.3, -0.25) is 4.99 Å². The highest BCUT2D eigenvalue weighted by atomic mass is 16.5. The van der Waals surface area contributed by atoms with Crippen molar-refractivity contribution >= 4 is 38.2 Å². The Bertz CT molecular complexity index is 1190. The molecule has 1 heterocycles. The topological polar surface area (TPSA) is 35.5 Å². The standard InChI is InChI=1S/C23H21N2O/c1-22(2)23(3,4)25(26)21(24-22)18-13-11-16-9-8-14-6-5-7-15-10-12-17(18)20(16)19(14)15/h5-13H,1-4H3. The van der Waals surface area contributed by atoms with Gasteiger partial charge in [0, 0.05) is 5.56 Å². The third-order valence-corrected chi connectivity index (χ3v) is 6.35. The highest BCUT2D eigenvalue weighted by molar-refractivity contribution is 6.26. The van der Waals surface area contributed by atoms with Crippen LogP contribution in [0.3, 0.4) is 0 Å². The van der Waals surface area contributed by atoms with Crippen molar-refractivity contribution < 1.29 is 5.21 Å². The summed E-state index contributed by atoms with van der Waals surface area (Å²) in [5.74, 6) is 0.540. The van der Waals surface area contributed by atoms with E-state index in [0.29, 0.717) is 5.84 Å². The van der Waals surface area contributed by atoms with Gasteiger partial charge in [0.15, 0.2) is 5.84 Å². The van der Waals surface area contributed by atoms with Crippen molar-refractivity contribution in [2.24, 2.45) is 4.99 Å². The molecule has 26 heavy (non-hydrogen) atoms. The van der Waals surface area contributed by atoms with Crippen molar-refractivity contribution in [1.29, 1.82) is 0 Å². The van der Waals surface area contributed by atoms with Crippen LogP contribution in [0.2, 0.25) is 0 Å². The zero-order chi connectivity index (χ0) is 18.3. The number of benzene rings is 4. The van der Waals surface area contributed by atoms with E-state index < -0.39 is 11.1 Å². The number of hydroxylamine groups is 2. The van der Waals surface area contributed by atoms with Crippen LogP contribution in [0.15, 0.2) is 59.6 Å². The minimum Gasteiger partial charge on any atom is -0.257 e. The summed E-state index contributed by atoms with van der Waals surface area (Å²) in [5.41, 5.74) is -0.0928. The molecule has 0 unspecified atom stereocenters. The highest BCUT2D eigenvalue weighted by Gasteiger charge is 2.50. The molecular formula is C23H21N2O. The molecule has 3 nitrogen and oxygen atoms in total. The SMILES string of the molecule is CC1(C)N=C(c2ccc3ccc4cccc5ccc2c3c45)N([O])C1(C)C. The molecule has 0 spiro atoms. The number of hydrogen-bond acceptors (Lipinski definition) is 2. The minimum atomic E-state index is -0.577. The zero-order valence-electron chi connectivity index (χ0n) is 15.5. The third kappa shape index (κ3) is 1.79. The first-order valence-electron chi connectivity index (χ1n) is 9.05. The second kappa shape index (κ2) is 4.74. The van der Waals surface area contributed by atoms with E-state index in [1.54, 1.807) is 0 Å². The first-order valence-corrected chi connectivity index (χ1v) is 9.05. The largest absolute Gasteiger partial charge is 0.257 e. The Morgan fingerprint density at radius 3 is 1.96 bits per heavy atom. The quantitative estimate of drug-likeness (QED) is 0.418. The summed E-state index contributed by atoms with van der Waals surface area (Å²) in [6.45, 7) is 7.99. The molecule has 3 heteroatoms. The third-order valence-electron chi connectivity index (χ3n) is 6.35. The fraction of sp³-hybridized carbons (Fsp3) is 0.261. The number of amidine groups is 1. The molecule has 0 atom stereocenters. The van der Waals surface area contributed by atoms with Crippen LogP contribution < -0.4 is 0 Å². The molecule has 4 aromatic carbocycles. The molecule has 0 N–H and O–H groups in total. The summed E-state index contributed by atoms with van der Waals surface area (Å²) in [7, 11) is 0. The highest BCUT2D eigenvalue weighted by Crippen LogP contribution is 2.41. The first kappa shape index (κ1) is 15.6. The lowest BCUT2D eigenvalue weighted by Crippen LogP contribution is -2.50. The molecule has 1 radical (unpaired) electrons. The van der Waals surface area contributed by atoms with E-state index in [4.69, 9.17) is 4.99 Å². The van der Waals surface area contributed by atoms with Gasteiger partial charge in [0.05, 0.1) is 11.1 Å². The maximum absolute atomic E-state index is 13.1. The van der Waals surface area contributed by atoms with Crippen LogP contribution in [0.25, 0.3) is 32.3 Å². The Labute approximate surface area is 152 Å². The molecule has 0 aromatic heterocycles. The van der Waals surface area contributed by atoms with E-state index in [-0.39, 0.29) is 0 Å². The molecule has 0 amide bonds. The van der Waals surface area contributed by atoms with Gasteiger partial charge in [0.2, 0.25) is 0 Å². The van der Waals surface area contributed by atoms with Gasteiger partial charge < -0.3 is 0 Å². The van der Waals surface area contributed by atoms with Crippen molar-refractivity contribution in [3.63, 3.8) is 0 Å². The summed E-state index contributed by atoms with van der Waals surface area (Å²) in [6.07, 6.45) is 0. The van der Waals surface area contributed by atoms with E-state index in [0.717, 1.165) is 16.0 Å². The molecule has 4 aromatic rings. The minimum absolute atomic E-state index is 0.436. The molecule has 0 bridgehead atoms. The molecule has 0 fully saturated rings. The number of aliphatic imine (C=N–C) groups is 1. The smallest absolute Gasteiger partial charge is 0.160 e. The lowest BCUT2D eigenvalue weighted by atomic mass is 9.84. The van der Waals surface area contributed by atoms with Gasteiger partial charge in [0.1, 0.15) is 0 Å². The Balaban J connectivity index is 1.88. The Morgan fingerprint density at radius 2 is 1.35 bits per heavy atom. The van der Waals surface area contributed by atoms with Crippen LogP contribution in [0.5, 0.6) is 0 Å². The Morgan fingerprint density at radius 1 is 0.769 bits per heavy atom. The van der Waals surface area contributed by atoms with E-state index in [2.05, 4.69) is 48.5 Å². The Kier molecular flexibility index (Phi) is 2.84. The van der Waals surface area contributed by atoms with E-state index >= 15 is 0 Å². The lowest BCUT2D eigenvalue weighted by molar-refractivity contribution is -0.158. The van der Waals surface area contributed by atoms with Gasteiger partial charge in [-0.2, -0.15) is 5.06 Å². The number of hydrogen-bond donors (Lipinski definition) is 0. The molecule has 1 aliphatic heterocycles. The normalized spacial score (nSPS) is 19.0. The lowest BCUT2D eigenvalue weighted by Gasteiger charge is -2.35. The van der Waals surface area contributed by atoms with Crippen LogP contribution in [0.1, 0.15) is 33.3 Å². The van der Waals surface area contributed by atoms with Crippen molar-refractivity contribution in [2.75, 3.05) is 0 Å². The molecular weight excluding hydrogens is 320 g/mol. The average molecular weight is 341 g/mol. The predicted octanol–water partition coefficient (Wildman–Crippen LogP) is 5.55. The average Bonchev–Trinajstić information content (AvgIpc) is 2.79. The van der Waals surface area contributed by atoms with Crippen molar-refractivity contribution in [2.45, 2.75) is 38.8 Å². The van der Waals surface area contributed by atoms with Crippen LogP contribution >= 0.6 is 0 Å². The van der Waals surface area contributed by atoms with Crippen LogP contribution in [0, 0.1) is 0 Å². The predicted molar refractivity (Wildman–Crippen MR) is 107 cm³/mol. The second-order valence-electron chi connectivity index (χ2n) is 8.32. The number of nitrogens with zero attached hydrogens (tertiary/aromatic N) is 2. The van der Waals surface area contributed by atoms with Gasteiger partial charge >= 0.3 is 0 Å². The molecule has 1 aliphatic rings. The zero-order valence-corrected chi connectivity index (χ0v) is 15.5.